The molecule has 0 radical (unpaired) electrons. The van der Waals surface area contributed by atoms with Crippen molar-refractivity contribution < 1.29 is 9.53 Å². The molecule has 1 atom stereocenters. The molecule has 0 aliphatic rings. The van der Waals surface area contributed by atoms with Crippen molar-refractivity contribution in [2.24, 2.45) is 0 Å². The lowest BCUT2D eigenvalue weighted by Crippen LogP contribution is -2.39. The summed E-state index contributed by atoms with van der Waals surface area (Å²) in [5, 5.41) is 6.54. The second-order valence-corrected chi connectivity index (χ2v) is 4.67. The van der Waals surface area contributed by atoms with E-state index in [-0.39, 0.29) is 18.5 Å². The van der Waals surface area contributed by atoms with Crippen LogP contribution in [0.4, 0.5) is 5.69 Å². The standard InChI is InChI=1S/C13H19ClN2O2/c1-9-4-5-11(14)6-12(9)15-7-13(17)16-10(2)8-18-3/h4-6,10,15H,7-8H2,1-3H3,(H,16,17). The van der Waals surface area contributed by atoms with Gasteiger partial charge in [-0.25, -0.2) is 0 Å². The molecule has 0 saturated carbocycles. The average molecular weight is 271 g/mol. The molecule has 0 saturated heterocycles. The summed E-state index contributed by atoms with van der Waals surface area (Å²) in [5.41, 5.74) is 1.93. The van der Waals surface area contributed by atoms with E-state index in [1.807, 2.05) is 32.0 Å². The van der Waals surface area contributed by atoms with E-state index < -0.39 is 0 Å². The lowest BCUT2D eigenvalue weighted by atomic mass is 10.2. The molecule has 1 rings (SSSR count). The monoisotopic (exact) mass is 270 g/mol. The molecule has 0 bridgehead atoms. The molecule has 1 aromatic carbocycles. The van der Waals surface area contributed by atoms with Crippen molar-refractivity contribution in [2.45, 2.75) is 19.9 Å². The molecule has 18 heavy (non-hydrogen) atoms. The number of methoxy groups -OCH3 is 1. The predicted octanol–water partition coefficient (Wildman–Crippen LogP) is 2.21. The number of halogens is 1. The molecule has 0 fully saturated rings. The van der Waals surface area contributed by atoms with Crippen molar-refractivity contribution in [3.63, 3.8) is 0 Å². The number of nitrogens with one attached hydrogen (secondary N) is 2. The largest absolute Gasteiger partial charge is 0.383 e. The van der Waals surface area contributed by atoms with E-state index in [4.69, 9.17) is 16.3 Å². The lowest BCUT2D eigenvalue weighted by Gasteiger charge is -2.14. The highest BCUT2D eigenvalue weighted by Gasteiger charge is 2.07. The van der Waals surface area contributed by atoms with Gasteiger partial charge in [-0.3, -0.25) is 4.79 Å². The van der Waals surface area contributed by atoms with Crippen molar-refractivity contribution in [1.82, 2.24) is 5.32 Å². The van der Waals surface area contributed by atoms with Crippen molar-refractivity contribution in [3.8, 4) is 0 Å². The Morgan fingerprint density at radius 2 is 2.22 bits per heavy atom. The normalized spacial score (nSPS) is 12.0. The summed E-state index contributed by atoms with van der Waals surface area (Å²) in [5.74, 6) is -0.0704. The molecule has 0 aliphatic carbocycles. The Balaban J connectivity index is 2.45. The van der Waals surface area contributed by atoms with Crippen molar-refractivity contribution in [3.05, 3.63) is 28.8 Å². The summed E-state index contributed by atoms with van der Waals surface area (Å²) in [6, 6.07) is 5.55. The third kappa shape index (κ3) is 4.94. The first-order chi connectivity index (χ1) is 8.52. The topological polar surface area (TPSA) is 50.4 Å². The van der Waals surface area contributed by atoms with E-state index >= 15 is 0 Å². The third-order valence-electron chi connectivity index (χ3n) is 2.46. The zero-order chi connectivity index (χ0) is 13.5. The molecular formula is C13H19ClN2O2. The van der Waals surface area contributed by atoms with Crippen LogP contribution in [0.5, 0.6) is 0 Å². The summed E-state index contributed by atoms with van der Waals surface area (Å²) in [4.78, 5) is 11.6. The summed E-state index contributed by atoms with van der Waals surface area (Å²) in [6.07, 6.45) is 0. The molecule has 1 unspecified atom stereocenters. The van der Waals surface area contributed by atoms with E-state index in [9.17, 15) is 4.79 Å². The van der Waals surface area contributed by atoms with Crippen LogP contribution in [0, 0.1) is 6.92 Å². The first-order valence-electron chi connectivity index (χ1n) is 5.81. The number of ether oxygens (including phenoxy) is 1. The minimum atomic E-state index is -0.0704. The van der Waals surface area contributed by atoms with Crippen LogP contribution in [0.1, 0.15) is 12.5 Å². The predicted molar refractivity (Wildman–Crippen MR) is 74.2 cm³/mol. The van der Waals surface area contributed by atoms with Gasteiger partial charge in [-0.15, -0.1) is 0 Å². The molecule has 0 spiro atoms. The van der Waals surface area contributed by atoms with Gasteiger partial charge in [0.15, 0.2) is 0 Å². The number of amides is 1. The SMILES string of the molecule is COCC(C)NC(=O)CNc1cc(Cl)ccc1C. The zero-order valence-corrected chi connectivity index (χ0v) is 11.7. The number of rotatable bonds is 6. The van der Waals surface area contributed by atoms with E-state index in [0.29, 0.717) is 11.6 Å². The fourth-order valence-corrected chi connectivity index (χ4v) is 1.75. The van der Waals surface area contributed by atoms with Gasteiger partial charge in [-0.2, -0.15) is 0 Å². The van der Waals surface area contributed by atoms with Crippen LogP contribution in [0.2, 0.25) is 5.02 Å². The number of anilines is 1. The van der Waals surface area contributed by atoms with Crippen molar-refractivity contribution in [1.29, 1.82) is 0 Å². The summed E-state index contributed by atoms with van der Waals surface area (Å²) >= 11 is 5.90. The van der Waals surface area contributed by atoms with Gasteiger partial charge in [-0.05, 0) is 31.5 Å². The molecular weight excluding hydrogens is 252 g/mol. The van der Waals surface area contributed by atoms with Crippen LogP contribution in [0.15, 0.2) is 18.2 Å². The van der Waals surface area contributed by atoms with Crippen LogP contribution in [-0.2, 0) is 9.53 Å². The Kier molecular flexibility index (Phi) is 5.95. The van der Waals surface area contributed by atoms with E-state index in [2.05, 4.69) is 10.6 Å². The molecule has 2 N–H and O–H groups in total. The maximum atomic E-state index is 11.6. The smallest absolute Gasteiger partial charge is 0.239 e. The second kappa shape index (κ2) is 7.24. The van der Waals surface area contributed by atoms with Crippen molar-refractivity contribution in [2.75, 3.05) is 25.6 Å². The maximum absolute atomic E-state index is 11.6. The first kappa shape index (κ1) is 14.8. The molecule has 0 aliphatic heterocycles. The van der Waals surface area contributed by atoms with Gasteiger partial charge in [0, 0.05) is 23.9 Å². The zero-order valence-electron chi connectivity index (χ0n) is 10.9. The summed E-state index contributed by atoms with van der Waals surface area (Å²) < 4.78 is 4.95. The first-order valence-corrected chi connectivity index (χ1v) is 6.19. The number of hydrogen-bond donors (Lipinski definition) is 2. The quantitative estimate of drug-likeness (QED) is 0.833. The Bertz CT molecular complexity index is 410. The van der Waals surface area contributed by atoms with Crippen molar-refractivity contribution >= 4 is 23.2 Å². The highest BCUT2D eigenvalue weighted by molar-refractivity contribution is 6.30. The number of carbonyl (C=O) groups excluding carboxylic acids is 1. The number of aryl methyl sites for hydroxylation is 1. The Hall–Kier alpha value is -1.26. The molecule has 0 heterocycles. The minimum Gasteiger partial charge on any atom is -0.383 e. The number of benzene rings is 1. The maximum Gasteiger partial charge on any atom is 0.239 e. The fraction of sp³-hybridized carbons (Fsp3) is 0.462. The molecule has 100 valence electrons. The second-order valence-electron chi connectivity index (χ2n) is 4.24. The van der Waals surface area contributed by atoms with Crippen LogP contribution in [0.25, 0.3) is 0 Å². The highest BCUT2D eigenvalue weighted by Crippen LogP contribution is 2.19. The van der Waals surface area contributed by atoms with Gasteiger partial charge in [0.25, 0.3) is 0 Å². The van der Waals surface area contributed by atoms with E-state index in [1.165, 1.54) is 0 Å². The molecule has 4 nitrogen and oxygen atoms in total. The third-order valence-corrected chi connectivity index (χ3v) is 2.70. The molecule has 5 heteroatoms. The number of hydrogen-bond acceptors (Lipinski definition) is 3. The highest BCUT2D eigenvalue weighted by atomic mass is 35.5. The van der Waals surface area contributed by atoms with Crippen LogP contribution >= 0.6 is 11.6 Å². The van der Waals surface area contributed by atoms with Gasteiger partial charge < -0.3 is 15.4 Å². The molecule has 1 aromatic rings. The van der Waals surface area contributed by atoms with Gasteiger partial charge in [0.05, 0.1) is 13.2 Å². The van der Waals surface area contributed by atoms with Gasteiger partial charge in [0.1, 0.15) is 0 Å². The average Bonchev–Trinajstić information content (AvgIpc) is 2.30. The fourth-order valence-electron chi connectivity index (χ4n) is 1.58. The lowest BCUT2D eigenvalue weighted by molar-refractivity contribution is -0.120. The Morgan fingerprint density at radius 3 is 2.89 bits per heavy atom. The molecule has 1 amide bonds. The minimum absolute atomic E-state index is 0.00441. The van der Waals surface area contributed by atoms with Crippen LogP contribution in [0.3, 0.4) is 0 Å². The van der Waals surface area contributed by atoms with Crippen LogP contribution in [-0.4, -0.2) is 32.2 Å². The van der Waals surface area contributed by atoms with E-state index in [1.54, 1.807) is 7.11 Å². The van der Waals surface area contributed by atoms with Gasteiger partial charge in [-0.1, -0.05) is 17.7 Å². The number of carbonyl (C=O) groups is 1. The van der Waals surface area contributed by atoms with Gasteiger partial charge in [0.2, 0.25) is 5.91 Å². The summed E-state index contributed by atoms with van der Waals surface area (Å²) in [7, 11) is 1.61. The van der Waals surface area contributed by atoms with Gasteiger partial charge >= 0.3 is 0 Å². The molecule has 0 aromatic heterocycles. The van der Waals surface area contributed by atoms with Crippen LogP contribution < -0.4 is 10.6 Å². The Morgan fingerprint density at radius 1 is 1.50 bits per heavy atom. The van der Waals surface area contributed by atoms with E-state index in [0.717, 1.165) is 11.3 Å². The summed E-state index contributed by atoms with van der Waals surface area (Å²) in [6.45, 7) is 4.58. The Labute approximate surface area is 113 Å².